The van der Waals surface area contributed by atoms with E-state index in [-0.39, 0.29) is 16.9 Å². The zero-order valence-corrected chi connectivity index (χ0v) is 12.6. The van der Waals surface area contributed by atoms with Gasteiger partial charge in [-0.05, 0) is 24.3 Å². The van der Waals surface area contributed by atoms with Crippen molar-refractivity contribution in [2.45, 2.75) is 6.18 Å². The van der Waals surface area contributed by atoms with E-state index in [4.69, 9.17) is 11.6 Å². The Balaban J connectivity index is 2.22. The Morgan fingerprint density at radius 2 is 1.88 bits per heavy atom. The summed E-state index contributed by atoms with van der Waals surface area (Å²) in [5, 5.41) is 22.1. The zero-order chi connectivity index (χ0) is 17.9. The van der Waals surface area contributed by atoms with Crippen molar-refractivity contribution in [1.29, 1.82) is 0 Å². The van der Waals surface area contributed by atoms with E-state index in [1.807, 2.05) is 5.43 Å². The molecule has 0 unspecified atom stereocenters. The molecule has 9 heteroatoms. The molecule has 0 spiro atoms. The van der Waals surface area contributed by atoms with Crippen LogP contribution in [0.5, 0.6) is 11.5 Å². The van der Waals surface area contributed by atoms with Gasteiger partial charge in [-0.1, -0.05) is 23.7 Å². The van der Waals surface area contributed by atoms with Gasteiger partial charge in [0, 0.05) is 5.56 Å². The van der Waals surface area contributed by atoms with Gasteiger partial charge in [0.25, 0.3) is 5.91 Å². The minimum atomic E-state index is -4.65. The third kappa shape index (κ3) is 3.96. The molecule has 0 saturated heterocycles. The molecule has 0 bridgehead atoms. The number of hydrazone groups is 1. The number of halogens is 4. The molecule has 3 N–H and O–H groups in total. The summed E-state index contributed by atoms with van der Waals surface area (Å²) in [5.74, 6) is -1.66. The summed E-state index contributed by atoms with van der Waals surface area (Å²) in [6, 6.07) is 6.86. The molecule has 0 fully saturated rings. The Kier molecular flexibility index (Phi) is 4.99. The van der Waals surface area contributed by atoms with E-state index in [2.05, 4.69) is 5.10 Å². The van der Waals surface area contributed by atoms with Crippen molar-refractivity contribution >= 4 is 23.7 Å². The molecular weight excluding hydrogens is 349 g/mol. The van der Waals surface area contributed by atoms with E-state index in [0.717, 1.165) is 6.21 Å². The van der Waals surface area contributed by atoms with Crippen molar-refractivity contribution in [1.82, 2.24) is 5.43 Å². The Labute approximate surface area is 139 Å². The smallest absolute Gasteiger partial charge is 0.416 e. The van der Waals surface area contributed by atoms with Gasteiger partial charge in [-0.3, -0.25) is 4.79 Å². The fraction of sp³-hybridized carbons (Fsp3) is 0.0667. The first-order valence-corrected chi connectivity index (χ1v) is 6.79. The molecule has 0 aliphatic carbocycles. The standard InChI is InChI=1S/C15H10ClF3N2O3/c16-11-6-9(15(17,18)19)5-8(13(11)23)7-20-21-14(24)10-3-1-2-4-12(10)22/h1-7,22-23H,(H,21,24)/b20-7+. The number of alkyl halides is 3. The van der Waals surface area contributed by atoms with Crippen LogP contribution in [0.15, 0.2) is 41.5 Å². The fourth-order valence-electron chi connectivity index (χ4n) is 1.77. The summed E-state index contributed by atoms with van der Waals surface area (Å²) >= 11 is 5.55. The highest BCUT2D eigenvalue weighted by Gasteiger charge is 2.32. The molecule has 0 aliphatic heterocycles. The molecule has 1 amide bonds. The maximum absolute atomic E-state index is 12.7. The van der Waals surface area contributed by atoms with Crippen molar-refractivity contribution in [2.24, 2.45) is 5.10 Å². The molecule has 0 saturated carbocycles. The Morgan fingerprint density at radius 3 is 2.50 bits per heavy atom. The molecule has 0 aromatic heterocycles. The molecule has 24 heavy (non-hydrogen) atoms. The van der Waals surface area contributed by atoms with Crippen LogP contribution in [0.4, 0.5) is 13.2 Å². The van der Waals surface area contributed by atoms with Gasteiger partial charge in [-0.15, -0.1) is 0 Å². The van der Waals surface area contributed by atoms with Gasteiger partial charge >= 0.3 is 6.18 Å². The van der Waals surface area contributed by atoms with E-state index in [1.165, 1.54) is 24.3 Å². The number of amides is 1. The number of nitrogens with zero attached hydrogens (tertiary/aromatic N) is 1. The van der Waals surface area contributed by atoms with E-state index in [9.17, 15) is 28.2 Å². The molecule has 2 aromatic rings. The molecule has 2 rings (SSSR count). The number of benzene rings is 2. The number of hydrogen-bond acceptors (Lipinski definition) is 4. The summed E-state index contributed by atoms with van der Waals surface area (Å²) in [6.45, 7) is 0. The number of phenolic OH excluding ortho intramolecular Hbond substituents is 2. The fourth-order valence-corrected chi connectivity index (χ4v) is 2.00. The second-order valence-corrected chi connectivity index (χ2v) is 5.02. The molecule has 126 valence electrons. The minimum absolute atomic E-state index is 0.0686. The van der Waals surface area contributed by atoms with Crippen LogP contribution in [0.25, 0.3) is 0 Å². The van der Waals surface area contributed by atoms with Crippen molar-refractivity contribution < 1.29 is 28.2 Å². The highest BCUT2D eigenvalue weighted by atomic mass is 35.5. The average molecular weight is 359 g/mol. The SMILES string of the molecule is O=C(N/N=C/c1cc(C(F)(F)F)cc(Cl)c1O)c1ccccc1O. The number of carbonyl (C=O) groups is 1. The Bertz CT molecular complexity index is 807. The first-order valence-electron chi connectivity index (χ1n) is 6.41. The summed E-state index contributed by atoms with van der Waals surface area (Å²) < 4.78 is 38.1. The summed E-state index contributed by atoms with van der Waals surface area (Å²) in [4.78, 5) is 11.8. The predicted molar refractivity (Wildman–Crippen MR) is 81.3 cm³/mol. The Hall–Kier alpha value is -2.74. The quantitative estimate of drug-likeness (QED) is 0.580. The van der Waals surface area contributed by atoms with Gasteiger partial charge in [0.1, 0.15) is 11.5 Å². The molecule has 5 nitrogen and oxygen atoms in total. The molecule has 0 radical (unpaired) electrons. The number of hydrogen-bond donors (Lipinski definition) is 3. The highest BCUT2D eigenvalue weighted by molar-refractivity contribution is 6.32. The first-order chi connectivity index (χ1) is 11.2. The van der Waals surface area contributed by atoms with E-state index in [0.29, 0.717) is 12.1 Å². The first kappa shape index (κ1) is 17.6. The summed E-state index contributed by atoms with van der Waals surface area (Å²) in [7, 11) is 0. The summed E-state index contributed by atoms with van der Waals surface area (Å²) in [5.41, 5.74) is 0.563. The predicted octanol–water partition coefficient (Wildman–Crippen LogP) is 3.53. The maximum atomic E-state index is 12.7. The monoisotopic (exact) mass is 358 g/mol. The largest absolute Gasteiger partial charge is 0.507 e. The van der Waals surface area contributed by atoms with Crippen molar-refractivity contribution in [2.75, 3.05) is 0 Å². The van der Waals surface area contributed by atoms with Crippen LogP contribution in [0.3, 0.4) is 0 Å². The van der Waals surface area contributed by atoms with Gasteiger partial charge < -0.3 is 10.2 Å². The second-order valence-electron chi connectivity index (χ2n) is 4.61. The number of nitrogens with one attached hydrogen (secondary N) is 1. The van der Waals surface area contributed by atoms with Crippen LogP contribution in [0.1, 0.15) is 21.5 Å². The maximum Gasteiger partial charge on any atom is 0.416 e. The van der Waals surface area contributed by atoms with Gasteiger partial charge in [0.05, 0.1) is 22.4 Å². The van der Waals surface area contributed by atoms with E-state index >= 15 is 0 Å². The van der Waals surface area contributed by atoms with Gasteiger partial charge in [-0.2, -0.15) is 18.3 Å². The number of para-hydroxylation sites is 1. The average Bonchev–Trinajstić information content (AvgIpc) is 2.50. The lowest BCUT2D eigenvalue weighted by molar-refractivity contribution is -0.137. The van der Waals surface area contributed by atoms with Gasteiger partial charge in [0.2, 0.25) is 0 Å². The highest BCUT2D eigenvalue weighted by Crippen LogP contribution is 2.36. The van der Waals surface area contributed by atoms with Crippen LogP contribution in [0, 0.1) is 0 Å². The van der Waals surface area contributed by atoms with Crippen LogP contribution < -0.4 is 5.43 Å². The van der Waals surface area contributed by atoms with Crippen molar-refractivity contribution in [3.05, 3.63) is 58.1 Å². The van der Waals surface area contributed by atoms with Gasteiger partial charge in [0.15, 0.2) is 0 Å². The molecule has 0 heterocycles. The van der Waals surface area contributed by atoms with Crippen molar-refractivity contribution in [3.63, 3.8) is 0 Å². The Morgan fingerprint density at radius 1 is 1.21 bits per heavy atom. The van der Waals surface area contributed by atoms with E-state index < -0.39 is 28.4 Å². The number of rotatable bonds is 3. The molecule has 2 aromatic carbocycles. The second kappa shape index (κ2) is 6.79. The topological polar surface area (TPSA) is 81.9 Å². The van der Waals surface area contributed by atoms with Crippen LogP contribution in [-0.4, -0.2) is 22.3 Å². The normalized spacial score (nSPS) is 11.7. The molecule has 0 atom stereocenters. The lowest BCUT2D eigenvalue weighted by Gasteiger charge is -2.10. The third-order valence-electron chi connectivity index (χ3n) is 2.94. The van der Waals surface area contributed by atoms with Crippen LogP contribution in [-0.2, 0) is 6.18 Å². The molecule has 0 aliphatic rings. The van der Waals surface area contributed by atoms with Crippen molar-refractivity contribution in [3.8, 4) is 11.5 Å². The third-order valence-corrected chi connectivity index (χ3v) is 3.23. The number of aromatic hydroxyl groups is 2. The van der Waals surface area contributed by atoms with Crippen LogP contribution in [0.2, 0.25) is 5.02 Å². The van der Waals surface area contributed by atoms with Crippen LogP contribution >= 0.6 is 11.6 Å². The minimum Gasteiger partial charge on any atom is -0.507 e. The zero-order valence-electron chi connectivity index (χ0n) is 11.8. The van der Waals surface area contributed by atoms with E-state index in [1.54, 1.807) is 0 Å². The molecular formula is C15H10ClF3N2O3. The lowest BCUT2D eigenvalue weighted by Crippen LogP contribution is -2.17. The number of carbonyl (C=O) groups excluding carboxylic acids is 1. The number of phenols is 2. The summed E-state index contributed by atoms with van der Waals surface area (Å²) in [6.07, 6.45) is -3.84. The lowest BCUT2D eigenvalue weighted by atomic mass is 10.1. The van der Waals surface area contributed by atoms with Gasteiger partial charge in [-0.25, -0.2) is 5.43 Å².